The summed E-state index contributed by atoms with van der Waals surface area (Å²) in [6, 6.07) is 16.1. The number of fused-ring (bicyclic) bond motifs is 1. The lowest BCUT2D eigenvalue weighted by Crippen LogP contribution is -2.24. The molecule has 3 rings (SSSR count). The number of rotatable bonds is 2. The summed E-state index contributed by atoms with van der Waals surface area (Å²) < 4.78 is 0. The van der Waals surface area contributed by atoms with Crippen LogP contribution in [-0.4, -0.2) is 16.2 Å². The van der Waals surface area contributed by atoms with Crippen molar-refractivity contribution in [2.24, 2.45) is 0 Å². The van der Waals surface area contributed by atoms with Crippen LogP contribution in [0.15, 0.2) is 54.6 Å². The molecule has 0 spiro atoms. The number of carbonyl (C=O) groups excluding carboxylic acids is 1. The molecule has 0 N–H and O–H groups in total. The molecule has 4 nitrogen and oxygen atoms in total. The number of aromatic carboxylic acids is 1. The Hall–Kier alpha value is -2.75. The summed E-state index contributed by atoms with van der Waals surface area (Å²) in [4.78, 5) is 11.4. The molecule has 1 aromatic heterocycles. The number of carbonyl (C=O) groups is 1. The third-order valence-corrected chi connectivity index (χ3v) is 2.92. The molecule has 4 heteroatoms. The second-order valence-electron chi connectivity index (χ2n) is 4.09. The van der Waals surface area contributed by atoms with E-state index in [1.807, 2.05) is 18.2 Å². The Morgan fingerprint density at radius 1 is 0.895 bits per heavy atom. The molecule has 2 aromatic carbocycles. The zero-order valence-electron chi connectivity index (χ0n) is 9.91. The van der Waals surface area contributed by atoms with Gasteiger partial charge in [-0.25, -0.2) is 0 Å². The quantitative estimate of drug-likeness (QED) is 0.692. The van der Waals surface area contributed by atoms with Crippen molar-refractivity contribution in [3.8, 4) is 11.3 Å². The number of carboxylic acid groups (broad SMARTS) is 1. The second kappa shape index (κ2) is 4.49. The van der Waals surface area contributed by atoms with Gasteiger partial charge in [0.25, 0.3) is 0 Å². The first-order valence-corrected chi connectivity index (χ1v) is 5.79. The average Bonchev–Trinajstić information content (AvgIpc) is 2.46. The van der Waals surface area contributed by atoms with E-state index in [4.69, 9.17) is 0 Å². The third-order valence-electron chi connectivity index (χ3n) is 2.92. The van der Waals surface area contributed by atoms with Gasteiger partial charge in [-0.05, 0) is 6.07 Å². The van der Waals surface area contributed by atoms with Gasteiger partial charge in [-0.3, -0.25) is 0 Å². The maximum absolute atomic E-state index is 11.4. The fraction of sp³-hybridized carbons (Fsp3) is 0. The van der Waals surface area contributed by atoms with Gasteiger partial charge < -0.3 is 9.90 Å². The highest BCUT2D eigenvalue weighted by Crippen LogP contribution is 2.26. The first-order chi connectivity index (χ1) is 9.27. The van der Waals surface area contributed by atoms with E-state index in [2.05, 4.69) is 10.2 Å². The van der Waals surface area contributed by atoms with Crippen molar-refractivity contribution in [1.29, 1.82) is 0 Å². The fourth-order valence-electron chi connectivity index (χ4n) is 2.06. The molecule has 92 valence electrons. The van der Waals surface area contributed by atoms with Crippen LogP contribution in [0.4, 0.5) is 0 Å². The minimum Gasteiger partial charge on any atom is -0.545 e. The third kappa shape index (κ3) is 1.93. The summed E-state index contributed by atoms with van der Waals surface area (Å²) in [6.45, 7) is 0. The van der Waals surface area contributed by atoms with Crippen molar-refractivity contribution in [2.45, 2.75) is 0 Å². The minimum absolute atomic E-state index is 0.0804. The highest BCUT2D eigenvalue weighted by atomic mass is 16.4. The number of aromatic nitrogens is 2. The van der Waals surface area contributed by atoms with Gasteiger partial charge >= 0.3 is 0 Å². The highest BCUT2D eigenvalue weighted by molar-refractivity contribution is 6.06. The molecule has 0 bridgehead atoms. The van der Waals surface area contributed by atoms with E-state index in [1.165, 1.54) is 0 Å². The van der Waals surface area contributed by atoms with E-state index in [-0.39, 0.29) is 5.56 Å². The van der Waals surface area contributed by atoms with Gasteiger partial charge in [0.05, 0.1) is 11.5 Å². The molecular formula is C15H9N2O2-. The standard InChI is InChI=1S/C15H10N2O2/c18-15(19)13-11-8-4-5-9-12(11)16-17-14(13)10-6-2-1-3-7-10/h1-9H,(H,18,19)/p-1. The number of hydrogen-bond acceptors (Lipinski definition) is 4. The van der Waals surface area contributed by atoms with Gasteiger partial charge in [-0.15, -0.1) is 10.2 Å². The van der Waals surface area contributed by atoms with Crippen LogP contribution in [0.25, 0.3) is 22.2 Å². The second-order valence-corrected chi connectivity index (χ2v) is 4.09. The first kappa shape index (κ1) is 11.3. The van der Waals surface area contributed by atoms with Crippen LogP contribution in [0.5, 0.6) is 0 Å². The molecule has 3 aromatic rings. The zero-order chi connectivity index (χ0) is 13.2. The summed E-state index contributed by atoms with van der Waals surface area (Å²) in [7, 11) is 0. The van der Waals surface area contributed by atoms with Gasteiger partial charge in [0.15, 0.2) is 0 Å². The molecule has 0 aliphatic heterocycles. The molecule has 0 aliphatic rings. The van der Waals surface area contributed by atoms with Gasteiger partial charge in [0.1, 0.15) is 5.69 Å². The summed E-state index contributed by atoms with van der Waals surface area (Å²) in [5.74, 6) is -1.25. The largest absolute Gasteiger partial charge is 0.545 e. The van der Waals surface area contributed by atoms with E-state index >= 15 is 0 Å². The Morgan fingerprint density at radius 3 is 2.32 bits per heavy atom. The van der Waals surface area contributed by atoms with Crippen molar-refractivity contribution in [3.63, 3.8) is 0 Å². The van der Waals surface area contributed by atoms with Crippen molar-refractivity contribution in [3.05, 3.63) is 60.2 Å². The summed E-state index contributed by atoms with van der Waals surface area (Å²) in [5.41, 5.74) is 1.66. The molecule has 0 fully saturated rings. The van der Waals surface area contributed by atoms with Crippen molar-refractivity contribution in [2.75, 3.05) is 0 Å². The van der Waals surface area contributed by atoms with E-state index in [0.29, 0.717) is 22.2 Å². The number of nitrogens with zero attached hydrogens (tertiary/aromatic N) is 2. The molecule has 0 amide bonds. The van der Waals surface area contributed by atoms with Crippen LogP contribution < -0.4 is 5.11 Å². The first-order valence-electron chi connectivity index (χ1n) is 5.79. The topological polar surface area (TPSA) is 65.9 Å². The van der Waals surface area contributed by atoms with Gasteiger partial charge in [0.2, 0.25) is 0 Å². The predicted molar refractivity (Wildman–Crippen MR) is 69.3 cm³/mol. The molecule has 19 heavy (non-hydrogen) atoms. The SMILES string of the molecule is O=C([O-])c1c(-c2ccccc2)nnc2ccccc12. The van der Waals surface area contributed by atoms with Crippen LogP contribution in [0.2, 0.25) is 0 Å². The summed E-state index contributed by atoms with van der Waals surface area (Å²) >= 11 is 0. The molecular weight excluding hydrogens is 240 g/mol. The van der Waals surface area contributed by atoms with Gasteiger partial charge in [-0.2, -0.15) is 0 Å². The van der Waals surface area contributed by atoms with E-state index in [9.17, 15) is 9.90 Å². The molecule has 1 heterocycles. The van der Waals surface area contributed by atoms with Crippen molar-refractivity contribution < 1.29 is 9.90 Å². The van der Waals surface area contributed by atoms with Crippen molar-refractivity contribution in [1.82, 2.24) is 10.2 Å². The normalized spacial score (nSPS) is 10.5. The molecule has 0 saturated heterocycles. The van der Waals surface area contributed by atoms with Gasteiger partial charge in [0, 0.05) is 16.5 Å². The molecule has 0 radical (unpaired) electrons. The monoisotopic (exact) mass is 249 g/mol. The number of hydrogen-bond donors (Lipinski definition) is 0. The summed E-state index contributed by atoms with van der Waals surface area (Å²) in [5, 5.41) is 20.1. The highest BCUT2D eigenvalue weighted by Gasteiger charge is 2.12. The van der Waals surface area contributed by atoms with Crippen molar-refractivity contribution >= 4 is 16.9 Å². The maximum Gasteiger partial charge on any atom is 0.103 e. The molecule has 0 unspecified atom stereocenters. The summed E-state index contributed by atoms with van der Waals surface area (Å²) in [6.07, 6.45) is 0. The molecule has 0 aliphatic carbocycles. The zero-order valence-corrected chi connectivity index (χ0v) is 9.91. The number of benzene rings is 2. The Labute approximate surface area is 109 Å². The lowest BCUT2D eigenvalue weighted by Gasteiger charge is -2.11. The van der Waals surface area contributed by atoms with E-state index in [0.717, 1.165) is 0 Å². The van der Waals surface area contributed by atoms with Crippen LogP contribution in [0, 0.1) is 0 Å². The number of carboxylic acids is 1. The van der Waals surface area contributed by atoms with E-state index in [1.54, 1.807) is 36.4 Å². The Morgan fingerprint density at radius 2 is 1.58 bits per heavy atom. The fourth-order valence-corrected chi connectivity index (χ4v) is 2.06. The van der Waals surface area contributed by atoms with Crippen LogP contribution in [0.1, 0.15) is 10.4 Å². The van der Waals surface area contributed by atoms with Gasteiger partial charge in [-0.1, -0.05) is 48.5 Å². The predicted octanol–water partition coefficient (Wildman–Crippen LogP) is 1.66. The Kier molecular flexibility index (Phi) is 2.68. The van der Waals surface area contributed by atoms with Crippen LogP contribution in [0.3, 0.4) is 0 Å². The average molecular weight is 249 g/mol. The Bertz CT molecular complexity index is 754. The lowest BCUT2D eigenvalue weighted by atomic mass is 10.0. The smallest absolute Gasteiger partial charge is 0.103 e. The minimum atomic E-state index is -1.25. The molecule has 0 saturated carbocycles. The molecule has 0 atom stereocenters. The lowest BCUT2D eigenvalue weighted by molar-refractivity contribution is -0.254. The van der Waals surface area contributed by atoms with Crippen LogP contribution in [-0.2, 0) is 0 Å². The van der Waals surface area contributed by atoms with Crippen LogP contribution >= 0.6 is 0 Å². The maximum atomic E-state index is 11.4. The Balaban J connectivity index is 2.37. The van der Waals surface area contributed by atoms with E-state index < -0.39 is 5.97 Å².